The van der Waals surface area contributed by atoms with E-state index in [9.17, 15) is 8.42 Å². The van der Waals surface area contributed by atoms with E-state index in [-0.39, 0.29) is 17.6 Å². The van der Waals surface area contributed by atoms with E-state index in [0.29, 0.717) is 19.4 Å². The van der Waals surface area contributed by atoms with Crippen LogP contribution in [0.25, 0.3) is 0 Å². The Morgan fingerprint density at radius 3 is 2.72 bits per heavy atom. The number of thiocarbonyl (C=S) groups is 1. The lowest BCUT2D eigenvalue weighted by Gasteiger charge is -2.36. The molecule has 0 aromatic carbocycles. The quantitative estimate of drug-likeness (QED) is 0.702. The first-order valence-electron chi connectivity index (χ1n) is 6.36. The maximum atomic E-state index is 12.5. The highest BCUT2D eigenvalue weighted by atomic mass is 32.2. The van der Waals surface area contributed by atoms with Crippen molar-refractivity contribution in [2.75, 3.05) is 13.2 Å². The fourth-order valence-corrected chi connectivity index (χ4v) is 5.05. The van der Waals surface area contributed by atoms with Gasteiger partial charge in [-0.25, -0.2) is 8.42 Å². The van der Waals surface area contributed by atoms with Crippen molar-refractivity contribution in [2.24, 2.45) is 5.73 Å². The molecule has 1 aliphatic heterocycles. The van der Waals surface area contributed by atoms with E-state index in [2.05, 4.69) is 0 Å². The summed E-state index contributed by atoms with van der Waals surface area (Å²) in [5.41, 5.74) is 5.54. The molecule has 2 atom stereocenters. The summed E-state index contributed by atoms with van der Waals surface area (Å²) in [4.78, 5) is 0.0332. The number of rotatable bonds is 6. The van der Waals surface area contributed by atoms with Gasteiger partial charge in [0.2, 0.25) is 10.0 Å². The normalized spacial score (nSPS) is 23.8. The first-order chi connectivity index (χ1) is 8.45. The smallest absolute Gasteiger partial charge is 0.223 e. The zero-order valence-corrected chi connectivity index (χ0v) is 12.3. The van der Waals surface area contributed by atoms with Crippen molar-refractivity contribution < 1.29 is 13.5 Å². The molecule has 1 heterocycles. The van der Waals surface area contributed by atoms with Crippen LogP contribution in [0.3, 0.4) is 0 Å². The molecular formula is C11H22N2O3S2. The predicted molar refractivity (Wildman–Crippen MR) is 75.8 cm³/mol. The molecule has 7 heteroatoms. The molecule has 0 spiro atoms. The molecule has 0 aromatic heterocycles. The van der Waals surface area contributed by atoms with Crippen LogP contribution in [0.4, 0.5) is 0 Å². The van der Waals surface area contributed by atoms with E-state index in [1.807, 2.05) is 0 Å². The van der Waals surface area contributed by atoms with Gasteiger partial charge in [-0.05, 0) is 25.7 Å². The summed E-state index contributed by atoms with van der Waals surface area (Å²) in [5, 5.41) is 8.25. The van der Waals surface area contributed by atoms with Gasteiger partial charge in [-0.3, -0.25) is 0 Å². The topological polar surface area (TPSA) is 83.6 Å². The second-order valence-electron chi connectivity index (χ2n) is 4.62. The number of sulfonamides is 1. The Kier molecular flexibility index (Phi) is 5.97. The number of aliphatic hydroxyl groups excluding tert-OH is 1. The van der Waals surface area contributed by atoms with Crippen LogP contribution in [0, 0.1) is 0 Å². The van der Waals surface area contributed by atoms with Crippen molar-refractivity contribution in [1.29, 1.82) is 0 Å². The average molecular weight is 294 g/mol. The molecule has 0 saturated carbocycles. The zero-order chi connectivity index (χ0) is 13.8. The van der Waals surface area contributed by atoms with Crippen molar-refractivity contribution in [3.05, 3.63) is 0 Å². The van der Waals surface area contributed by atoms with Gasteiger partial charge in [0.1, 0.15) is 5.25 Å². The van der Waals surface area contributed by atoms with Crippen LogP contribution >= 0.6 is 12.2 Å². The first kappa shape index (κ1) is 15.8. The van der Waals surface area contributed by atoms with Crippen LogP contribution in [-0.4, -0.2) is 47.3 Å². The van der Waals surface area contributed by atoms with Crippen molar-refractivity contribution >= 4 is 27.2 Å². The largest absolute Gasteiger partial charge is 0.396 e. The van der Waals surface area contributed by atoms with E-state index in [1.54, 1.807) is 6.92 Å². The molecule has 0 aliphatic carbocycles. The number of piperidine rings is 1. The van der Waals surface area contributed by atoms with Crippen LogP contribution in [0.15, 0.2) is 0 Å². The summed E-state index contributed by atoms with van der Waals surface area (Å²) >= 11 is 4.86. The maximum absolute atomic E-state index is 12.5. The Morgan fingerprint density at radius 2 is 2.22 bits per heavy atom. The third-order valence-electron chi connectivity index (χ3n) is 3.41. The molecule has 18 heavy (non-hydrogen) atoms. The minimum absolute atomic E-state index is 0.000545. The number of nitrogens with zero attached hydrogens (tertiary/aromatic N) is 1. The molecular weight excluding hydrogens is 272 g/mol. The molecule has 1 saturated heterocycles. The number of aliphatic hydroxyl groups is 1. The van der Waals surface area contributed by atoms with E-state index in [4.69, 9.17) is 23.1 Å². The minimum atomic E-state index is -3.49. The summed E-state index contributed by atoms with van der Waals surface area (Å²) < 4.78 is 26.5. The van der Waals surface area contributed by atoms with Crippen LogP contribution in [-0.2, 0) is 10.0 Å². The van der Waals surface area contributed by atoms with Gasteiger partial charge in [-0.2, -0.15) is 4.31 Å². The summed E-state index contributed by atoms with van der Waals surface area (Å²) in [6.45, 7) is 2.28. The van der Waals surface area contributed by atoms with Crippen LogP contribution in [0.1, 0.15) is 39.0 Å². The molecule has 1 rings (SSSR count). The molecule has 3 N–H and O–H groups in total. The van der Waals surface area contributed by atoms with Gasteiger partial charge >= 0.3 is 0 Å². The number of hydrogen-bond donors (Lipinski definition) is 2. The highest BCUT2D eigenvalue weighted by Crippen LogP contribution is 2.26. The highest BCUT2D eigenvalue weighted by Gasteiger charge is 2.37. The maximum Gasteiger partial charge on any atom is 0.223 e. The summed E-state index contributed by atoms with van der Waals surface area (Å²) in [6, 6.07) is -0.114. The molecule has 0 amide bonds. The third kappa shape index (κ3) is 3.40. The van der Waals surface area contributed by atoms with Gasteiger partial charge in [0.05, 0.1) is 4.99 Å². The molecule has 2 unspecified atom stereocenters. The van der Waals surface area contributed by atoms with Gasteiger partial charge in [0.15, 0.2) is 0 Å². The van der Waals surface area contributed by atoms with E-state index >= 15 is 0 Å². The number of hydrogen-bond acceptors (Lipinski definition) is 4. The van der Waals surface area contributed by atoms with Crippen LogP contribution in [0.2, 0.25) is 0 Å². The van der Waals surface area contributed by atoms with Gasteiger partial charge < -0.3 is 10.8 Å². The summed E-state index contributed by atoms with van der Waals surface area (Å²) in [6.07, 6.45) is 3.52. The Bertz CT molecular complexity index is 382. The first-order valence-corrected chi connectivity index (χ1v) is 8.27. The van der Waals surface area contributed by atoms with Crippen LogP contribution < -0.4 is 5.73 Å². The monoisotopic (exact) mass is 294 g/mol. The van der Waals surface area contributed by atoms with Crippen molar-refractivity contribution in [3.63, 3.8) is 0 Å². The summed E-state index contributed by atoms with van der Waals surface area (Å²) in [7, 11) is -3.49. The Hall–Kier alpha value is -0.240. The van der Waals surface area contributed by atoms with E-state index < -0.39 is 15.3 Å². The van der Waals surface area contributed by atoms with Crippen LogP contribution in [0.5, 0.6) is 0 Å². The van der Waals surface area contributed by atoms with Gasteiger partial charge in [-0.15, -0.1) is 0 Å². The zero-order valence-electron chi connectivity index (χ0n) is 10.7. The number of nitrogens with two attached hydrogens (primary N) is 1. The third-order valence-corrected chi connectivity index (χ3v) is 6.28. The van der Waals surface area contributed by atoms with Crippen molar-refractivity contribution in [2.45, 2.75) is 50.3 Å². The molecule has 0 bridgehead atoms. The lowest BCUT2D eigenvalue weighted by molar-refractivity contribution is 0.192. The lowest BCUT2D eigenvalue weighted by Crippen LogP contribution is -2.50. The van der Waals surface area contributed by atoms with Gasteiger partial charge in [0, 0.05) is 19.2 Å². The lowest BCUT2D eigenvalue weighted by atomic mass is 10.0. The Balaban J connectivity index is 2.96. The van der Waals surface area contributed by atoms with E-state index in [1.165, 1.54) is 4.31 Å². The molecule has 106 valence electrons. The molecule has 0 aromatic rings. The molecule has 5 nitrogen and oxygen atoms in total. The predicted octanol–water partition coefficient (Wildman–Crippen LogP) is 0.618. The standard InChI is InChI=1S/C11H22N2O3S2/c1-2-10(11(12)17)18(15,16)13-7-4-3-5-9(13)6-8-14/h9-10,14H,2-8H2,1H3,(H2,12,17). The Labute approximate surface area is 114 Å². The van der Waals surface area contributed by atoms with Crippen molar-refractivity contribution in [3.8, 4) is 0 Å². The fraction of sp³-hybridized carbons (Fsp3) is 0.909. The molecule has 1 aliphatic rings. The second-order valence-corrected chi connectivity index (χ2v) is 7.16. The Morgan fingerprint density at radius 1 is 1.56 bits per heavy atom. The van der Waals surface area contributed by atoms with Crippen molar-refractivity contribution in [1.82, 2.24) is 4.31 Å². The molecule has 1 fully saturated rings. The minimum Gasteiger partial charge on any atom is -0.396 e. The fourth-order valence-electron chi connectivity index (χ4n) is 2.47. The van der Waals surface area contributed by atoms with E-state index in [0.717, 1.165) is 19.3 Å². The molecule has 0 radical (unpaired) electrons. The van der Waals surface area contributed by atoms with Gasteiger partial charge in [-0.1, -0.05) is 25.6 Å². The SMILES string of the molecule is CCC(C(N)=S)S(=O)(=O)N1CCCCC1CCO. The average Bonchev–Trinajstić information content (AvgIpc) is 2.30. The van der Waals surface area contributed by atoms with Gasteiger partial charge in [0.25, 0.3) is 0 Å². The highest BCUT2D eigenvalue weighted by molar-refractivity contribution is 7.92. The summed E-state index contributed by atoms with van der Waals surface area (Å²) in [5.74, 6) is 0. The second kappa shape index (κ2) is 6.79.